The predicted octanol–water partition coefficient (Wildman–Crippen LogP) is 4.23. The molecule has 1 N–H and O–H groups in total. The minimum absolute atomic E-state index is 0.00921. The molecule has 0 aromatic heterocycles. The van der Waals surface area contributed by atoms with Crippen molar-refractivity contribution in [2.75, 3.05) is 10.6 Å². The number of ketones is 1. The van der Waals surface area contributed by atoms with Gasteiger partial charge in [0.1, 0.15) is 0 Å². The molecule has 2 nitrogen and oxygen atoms in total. The second-order valence-corrected chi connectivity index (χ2v) is 4.80. The first-order valence-corrected chi connectivity index (χ1v) is 6.82. The number of alkyl halides is 1. The van der Waals surface area contributed by atoms with Crippen LogP contribution in [0.4, 0.5) is 5.69 Å². The van der Waals surface area contributed by atoms with Gasteiger partial charge in [0.25, 0.3) is 0 Å². The van der Waals surface area contributed by atoms with E-state index in [0.717, 1.165) is 10.6 Å². The topological polar surface area (TPSA) is 29.1 Å². The highest BCUT2D eigenvalue weighted by Gasteiger charge is 2.04. The fraction of sp³-hybridized carbons (Fsp3) is 0.0714. The summed E-state index contributed by atoms with van der Waals surface area (Å²) in [6.45, 7) is 0. The summed E-state index contributed by atoms with van der Waals surface area (Å²) in [4.78, 5) is 12.6. The number of anilines is 1. The number of hydrogen-bond acceptors (Lipinski definition) is 3. The number of carbonyl (C=O) groups excluding carboxylic acids is 1. The minimum Gasteiger partial charge on any atom is -0.326 e. The van der Waals surface area contributed by atoms with Gasteiger partial charge in [-0.25, -0.2) is 0 Å². The Morgan fingerprint density at radius 2 is 1.89 bits per heavy atom. The van der Waals surface area contributed by atoms with Gasteiger partial charge in [0.05, 0.1) is 5.88 Å². The molecule has 0 radical (unpaired) electrons. The van der Waals surface area contributed by atoms with E-state index in [4.69, 9.17) is 11.6 Å². The number of Topliss-reactive ketones (excluding diaryl/α,β-unsaturated/α-hetero) is 1. The van der Waals surface area contributed by atoms with Crippen molar-refractivity contribution in [1.82, 2.24) is 0 Å². The molecular formula is C14H12ClNOS. The lowest BCUT2D eigenvalue weighted by atomic mass is 10.1. The molecule has 0 heterocycles. The number of halogens is 1. The van der Waals surface area contributed by atoms with Gasteiger partial charge in [-0.2, -0.15) is 0 Å². The Balaban J connectivity index is 2.04. The van der Waals surface area contributed by atoms with E-state index < -0.39 is 0 Å². The Labute approximate surface area is 115 Å². The zero-order valence-corrected chi connectivity index (χ0v) is 11.2. The molecular weight excluding hydrogens is 266 g/mol. The van der Waals surface area contributed by atoms with E-state index in [2.05, 4.69) is 4.72 Å². The molecule has 2 aromatic carbocycles. The Hall–Kier alpha value is -1.45. The van der Waals surface area contributed by atoms with Crippen molar-refractivity contribution in [3.63, 3.8) is 0 Å². The Kier molecular flexibility index (Phi) is 4.67. The molecule has 2 rings (SSSR count). The maximum Gasteiger partial charge on any atom is 0.177 e. The van der Waals surface area contributed by atoms with E-state index in [1.54, 1.807) is 12.1 Å². The van der Waals surface area contributed by atoms with E-state index in [-0.39, 0.29) is 11.7 Å². The van der Waals surface area contributed by atoms with Crippen LogP contribution >= 0.6 is 23.5 Å². The van der Waals surface area contributed by atoms with Gasteiger partial charge in [-0.3, -0.25) is 4.79 Å². The van der Waals surface area contributed by atoms with Crippen molar-refractivity contribution < 1.29 is 4.79 Å². The maximum atomic E-state index is 11.5. The molecule has 0 spiro atoms. The summed E-state index contributed by atoms with van der Waals surface area (Å²) < 4.78 is 3.20. The van der Waals surface area contributed by atoms with Crippen LogP contribution in [0.5, 0.6) is 0 Å². The average Bonchev–Trinajstić information content (AvgIpc) is 2.45. The first-order valence-electron chi connectivity index (χ1n) is 5.47. The van der Waals surface area contributed by atoms with Gasteiger partial charge in [-0.1, -0.05) is 30.3 Å². The van der Waals surface area contributed by atoms with Crippen molar-refractivity contribution in [2.45, 2.75) is 4.90 Å². The summed E-state index contributed by atoms with van der Waals surface area (Å²) in [7, 11) is 0. The second kappa shape index (κ2) is 6.47. The van der Waals surface area contributed by atoms with Crippen molar-refractivity contribution >= 4 is 35.0 Å². The fourth-order valence-corrected chi connectivity index (χ4v) is 2.25. The fourth-order valence-electron chi connectivity index (χ4n) is 1.44. The van der Waals surface area contributed by atoms with Crippen LogP contribution in [0.1, 0.15) is 10.4 Å². The molecule has 0 saturated carbocycles. The predicted molar refractivity (Wildman–Crippen MR) is 77.4 cm³/mol. The second-order valence-electron chi connectivity index (χ2n) is 3.65. The first kappa shape index (κ1) is 13.0. The van der Waals surface area contributed by atoms with Crippen LogP contribution in [-0.4, -0.2) is 11.7 Å². The van der Waals surface area contributed by atoms with Crippen LogP contribution in [0.2, 0.25) is 0 Å². The summed E-state index contributed by atoms with van der Waals surface area (Å²) >= 11 is 7.04. The van der Waals surface area contributed by atoms with E-state index >= 15 is 0 Å². The van der Waals surface area contributed by atoms with Crippen LogP contribution in [0, 0.1) is 0 Å². The molecule has 2 aromatic rings. The maximum absolute atomic E-state index is 11.5. The van der Waals surface area contributed by atoms with Gasteiger partial charge in [-0.05, 0) is 36.2 Å². The molecule has 0 amide bonds. The van der Waals surface area contributed by atoms with Gasteiger partial charge in [0.2, 0.25) is 0 Å². The van der Waals surface area contributed by atoms with Crippen molar-refractivity contribution in [3.05, 3.63) is 60.2 Å². The highest BCUT2D eigenvalue weighted by Crippen LogP contribution is 2.21. The van der Waals surface area contributed by atoms with Gasteiger partial charge in [0, 0.05) is 16.1 Å². The molecule has 4 heteroatoms. The number of carbonyl (C=O) groups is 1. The van der Waals surface area contributed by atoms with Gasteiger partial charge in [0.15, 0.2) is 5.78 Å². The van der Waals surface area contributed by atoms with E-state index in [1.807, 2.05) is 42.5 Å². The number of hydrogen-bond donors (Lipinski definition) is 1. The molecule has 0 saturated heterocycles. The standard InChI is InChI=1S/C14H12ClNOS/c15-10-14(17)11-5-4-6-12(9-11)16-18-13-7-2-1-3-8-13/h1-9,16H,10H2. The quantitative estimate of drug-likeness (QED) is 0.504. The summed E-state index contributed by atoms with van der Waals surface area (Å²) in [5.74, 6) is -0.0556. The number of nitrogens with one attached hydrogen (secondary N) is 1. The molecule has 0 fully saturated rings. The van der Waals surface area contributed by atoms with Crippen LogP contribution < -0.4 is 4.72 Å². The minimum atomic E-state index is -0.0648. The lowest BCUT2D eigenvalue weighted by Gasteiger charge is -2.06. The summed E-state index contributed by atoms with van der Waals surface area (Å²) in [5.41, 5.74) is 1.52. The third-order valence-electron chi connectivity index (χ3n) is 2.34. The van der Waals surface area contributed by atoms with Crippen molar-refractivity contribution in [1.29, 1.82) is 0 Å². The molecule has 0 atom stereocenters. The SMILES string of the molecule is O=C(CCl)c1cccc(NSc2ccccc2)c1. The summed E-state index contributed by atoms with van der Waals surface area (Å²) in [5, 5.41) is 0. The third kappa shape index (κ3) is 3.52. The zero-order chi connectivity index (χ0) is 12.8. The first-order chi connectivity index (χ1) is 8.79. The Morgan fingerprint density at radius 1 is 1.11 bits per heavy atom. The monoisotopic (exact) mass is 277 g/mol. The summed E-state index contributed by atoms with van der Waals surface area (Å²) in [6, 6.07) is 17.3. The van der Waals surface area contributed by atoms with Crippen molar-refractivity contribution in [2.24, 2.45) is 0 Å². The average molecular weight is 278 g/mol. The Morgan fingerprint density at radius 3 is 2.61 bits per heavy atom. The van der Waals surface area contributed by atoms with Gasteiger partial charge in [-0.15, -0.1) is 11.6 Å². The lowest BCUT2D eigenvalue weighted by Crippen LogP contribution is -2.00. The van der Waals surface area contributed by atoms with Gasteiger partial charge < -0.3 is 4.72 Å². The summed E-state index contributed by atoms with van der Waals surface area (Å²) in [6.07, 6.45) is 0. The van der Waals surface area contributed by atoms with E-state index in [9.17, 15) is 4.79 Å². The zero-order valence-electron chi connectivity index (χ0n) is 9.60. The van der Waals surface area contributed by atoms with Crippen LogP contribution in [-0.2, 0) is 0 Å². The third-order valence-corrected chi connectivity index (χ3v) is 3.42. The molecule has 0 bridgehead atoms. The Bertz CT molecular complexity index is 530. The number of benzene rings is 2. The van der Waals surface area contributed by atoms with Crippen molar-refractivity contribution in [3.8, 4) is 0 Å². The van der Waals surface area contributed by atoms with Crippen LogP contribution in [0.3, 0.4) is 0 Å². The van der Waals surface area contributed by atoms with Gasteiger partial charge >= 0.3 is 0 Å². The van der Waals surface area contributed by atoms with E-state index in [0.29, 0.717) is 5.56 Å². The molecule has 92 valence electrons. The van der Waals surface area contributed by atoms with E-state index in [1.165, 1.54) is 11.9 Å². The van der Waals surface area contributed by atoms with Crippen LogP contribution in [0.25, 0.3) is 0 Å². The largest absolute Gasteiger partial charge is 0.326 e. The normalized spacial score (nSPS) is 10.1. The molecule has 0 aliphatic heterocycles. The molecule has 0 aliphatic rings. The smallest absolute Gasteiger partial charge is 0.177 e. The lowest BCUT2D eigenvalue weighted by molar-refractivity contribution is 0.102. The molecule has 0 unspecified atom stereocenters. The highest BCUT2D eigenvalue weighted by atomic mass is 35.5. The molecule has 18 heavy (non-hydrogen) atoms. The van der Waals surface area contributed by atoms with Crippen LogP contribution in [0.15, 0.2) is 59.5 Å². The highest BCUT2D eigenvalue weighted by molar-refractivity contribution is 8.00. The number of rotatable bonds is 5. The molecule has 0 aliphatic carbocycles.